The highest BCUT2D eigenvalue weighted by atomic mass is 19.4. The van der Waals surface area contributed by atoms with E-state index in [1.165, 1.54) is 24.6 Å². The molecule has 4 aromatic rings. The summed E-state index contributed by atoms with van der Waals surface area (Å²) in [4.78, 5) is 0. The minimum Gasteiger partial charge on any atom is -0.372 e. The predicted octanol–water partition coefficient (Wildman–Crippen LogP) is 6.49. The van der Waals surface area contributed by atoms with E-state index in [0.717, 1.165) is 31.2 Å². The van der Waals surface area contributed by atoms with Crippen molar-refractivity contribution in [2.24, 2.45) is 0 Å². The standard InChI is InChI=1S/C25H23F3N2O/c26-25(27,28)24(31,22-12-6-8-17-7-4-5-11-21(17)22)19-13-14-23-18(15-19)16-29-30(23)20-9-2-1-3-10-20/h4-8,11-16,20,31H,1-3,9-10H2. The van der Waals surface area contributed by atoms with Crippen molar-refractivity contribution in [3.63, 3.8) is 0 Å². The lowest BCUT2D eigenvalue weighted by Crippen LogP contribution is -2.43. The molecule has 1 aromatic heterocycles. The van der Waals surface area contributed by atoms with Crippen LogP contribution in [0.4, 0.5) is 13.2 Å². The van der Waals surface area contributed by atoms with Gasteiger partial charge in [-0.05, 0) is 41.3 Å². The van der Waals surface area contributed by atoms with Crippen LogP contribution in [0.5, 0.6) is 0 Å². The van der Waals surface area contributed by atoms with E-state index >= 15 is 0 Å². The average Bonchev–Trinajstić information content (AvgIpc) is 3.21. The topological polar surface area (TPSA) is 38.1 Å². The number of aliphatic hydroxyl groups is 1. The summed E-state index contributed by atoms with van der Waals surface area (Å²) >= 11 is 0. The van der Waals surface area contributed by atoms with E-state index in [1.54, 1.807) is 48.7 Å². The molecule has 1 atom stereocenters. The Hall–Kier alpha value is -2.86. The number of rotatable bonds is 3. The van der Waals surface area contributed by atoms with Crippen molar-refractivity contribution in [3.8, 4) is 0 Å². The first-order valence-electron chi connectivity index (χ1n) is 10.6. The molecule has 1 aliphatic carbocycles. The lowest BCUT2D eigenvalue weighted by Gasteiger charge is -2.32. The van der Waals surface area contributed by atoms with Gasteiger partial charge in [0.15, 0.2) is 0 Å². The highest BCUT2D eigenvalue weighted by molar-refractivity contribution is 5.87. The summed E-state index contributed by atoms with van der Waals surface area (Å²) in [6.07, 6.45) is 2.25. The summed E-state index contributed by atoms with van der Waals surface area (Å²) < 4.78 is 45.2. The minimum atomic E-state index is -4.90. The van der Waals surface area contributed by atoms with Gasteiger partial charge in [0.2, 0.25) is 5.60 Å². The summed E-state index contributed by atoms with van der Waals surface area (Å²) in [5, 5.41) is 17.4. The highest BCUT2D eigenvalue weighted by Gasteiger charge is 2.57. The molecule has 0 spiro atoms. The molecule has 3 aromatic carbocycles. The zero-order valence-corrected chi connectivity index (χ0v) is 16.9. The Bertz CT molecular complexity index is 1240. The third-order valence-electron chi connectivity index (χ3n) is 6.52. The third kappa shape index (κ3) is 3.21. The third-order valence-corrected chi connectivity index (χ3v) is 6.52. The maximum Gasteiger partial charge on any atom is 0.425 e. The van der Waals surface area contributed by atoms with E-state index in [4.69, 9.17) is 0 Å². The summed E-state index contributed by atoms with van der Waals surface area (Å²) in [6, 6.07) is 16.2. The van der Waals surface area contributed by atoms with E-state index in [0.29, 0.717) is 16.2 Å². The van der Waals surface area contributed by atoms with Crippen LogP contribution >= 0.6 is 0 Å². The average molecular weight is 424 g/mol. The fraction of sp³-hybridized carbons (Fsp3) is 0.320. The van der Waals surface area contributed by atoms with Crippen LogP contribution in [0, 0.1) is 0 Å². The molecule has 3 nitrogen and oxygen atoms in total. The molecule has 1 unspecified atom stereocenters. The van der Waals surface area contributed by atoms with E-state index in [2.05, 4.69) is 5.10 Å². The molecular weight excluding hydrogens is 401 g/mol. The Labute approximate surface area is 178 Å². The number of nitrogens with zero attached hydrogens (tertiary/aromatic N) is 2. The lowest BCUT2D eigenvalue weighted by atomic mass is 9.82. The van der Waals surface area contributed by atoms with Gasteiger partial charge in [0.05, 0.1) is 17.8 Å². The summed E-state index contributed by atoms with van der Waals surface area (Å²) in [7, 11) is 0. The van der Waals surface area contributed by atoms with Crippen molar-refractivity contribution in [2.75, 3.05) is 0 Å². The zero-order chi connectivity index (χ0) is 21.6. The van der Waals surface area contributed by atoms with Gasteiger partial charge in [-0.1, -0.05) is 67.8 Å². The second-order valence-corrected chi connectivity index (χ2v) is 8.39. The van der Waals surface area contributed by atoms with Crippen molar-refractivity contribution < 1.29 is 18.3 Å². The second-order valence-electron chi connectivity index (χ2n) is 8.39. The van der Waals surface area contributed by atoms with Crippen LogP contribution in [0.3, 0.4) is 0 Å². The van der Waals surface area contributed by atoms with Gasteiger partial charge >= 0.3 is 6.18 Å². The van der Waals surface area contributed by atoms with Crippen molar-refractivity contribution in [1.82, 2.24) is 9.78 Å². The number of fused-ring (bicyclic) bond motifs is 2. The fourth-order valence-corrected chi connectivity index (χ4v) is 4.91. The smallest absolute Gasteiger partial charge is 0.372 e. The van der Waals surface area contributed by atoms with Crippen LogP contribution in [0.15, 0.2) is 66.9 Å². The Morgan fingerprint density at radius 2 is 1.61 bits per heavy atom. The van der Waals surface area contributed by atoms with Gasteiger partial charge in [0.25, 0.3) is 0 Å². The molecule has 1 fully saturated rings. The fourth-order valence-electron chi connectivity index (χ4n) is 4.91. The van der Waals surface area contributed by atoms with E-state index in [9.17, 15) is 18.3 Å². The number of hydrogen-bond acceptors (Lipinski definition) is 2. The molecule has 0 radical (unpaired) electrons. The second kappa shape index (κ2) is 7.38. The van der Waals surface area contributed by atoms with Crippen LogP contribution in [-0.4, -0.2) is 21.1 Å². The van der Waals surface area contributed by atoms with Gasteiger partial charge in [-0.15, -0.1) is 0 Å². The number of hydrogen-bond donors (Lipinski definition) is 1. The van der Waals surface area contributed by atoms with Crippen molar-refractivity contribution in [1.29, 1.82) is 0 Å². The number of aromatic nitrogens is 2. The van der Waals surface area contributed by atoms with Gasteiger partial charge in [-0.3, -0.25) is 4.68 Å². The first-order valence-corrected chi connectivity index (χ1v) is 10.6. The van der Waals surface area contributed by atoms with Gasteiger partial charge in [-0.25, -0.2) is 0 Å². The number of alkyl halides is 3. The summed E-state index contributed by atoms with van der Waals surface area (Å²) in [5.74, 6) is 0. The molecule has 6 heteroatoms. The van der Waals surface area contributed by atoms with Crippen molar-refractivity contribution >= 4 is 21.7 Å². The molecule has 0 saturated heterocycles. The minimum absolute atomic E-state index is 0.169. The summed E-state index contributed by atoms with van der Waals surface area (Å²) in [5.41, 5.74) is -2.70. The van der Waals surface area contributed by atoms with Crippen molar-refractivity contribution in [3.05, 3.63) is 78.0 Å². The highest BCUT2D eigenvalue weighted by Crippen LogP contribution is 2.47. The molecule has 1 N–H and O–H groups in total. The van der Waals surface area contributed by atoms with Crippen LogP contribution in [0.2, 0.25) is 0 Å². The van der Waals surface area contributed by atoms with Crippen molar-refractivity contribution in [2.45, 2.75) is 49.9 Å². The van der Waals surface area contributed by atoms with Crippen LogP contribution in [-0.2, 0) is 5.60 Å². The maximum atomic E-state index is 14.4. The molecule has 31 heavy (non-hydrogen) atoms. The maximum absolute atomic E-state index is 14.4. The quantitative estimate of drug-likeness (QED) is 0.408. The SMILES string of the molecule is OC(c1ccc2c(cnn2C2CCCCC2)c1)(c1cccc2ccccc12)C(F)(F)F. The molecule has 1 saturated carbocycles. The number of benzene rings is 3. The largest absolute Gasteiger partial charge is 0.425 e. The van der Waals surface area contributed by atoms with E-state index < -0.39 is 11.8 Å². The molecule has 1 heterocycles. The molecule has 5 rings (SSSR count). The van der Waals surface area contributed by atoms with Gasteiger partial charge in [0, 0.05) is 10.9 Å². The molecule has 0 amide bonds. The Kier molecular flexibility index (Phi) is 4.77. The van der Waals surface area contributed by atoms with Crippen LogP contribution < -0.4 is 0 Å². The van der Waals surface area contributed by atoms with Gasteiger partial charge in [-0.2, -0.15) is 18.3 Å². The van der Waals surface area contributed by atoms with E-state index in [-0.39, 0.29) is 17.2 Å². The molecule has 1 aliphatic rings. The van der Waals surface area contributed by atoms with Crippen LogP contribution in [0.1, 0.15) is 49.3 Å². The Morgan fingerprint density at radius 3 is 2.39 bits per heavy atom. The molecule has 0 aliphatic heterocycles. The normalized spacial score (nSPS) is 17.8. The molecular formula is C25H23F3N2O. The zero-order valence-electron chi connectivity index (χ0n) is 16.9. The predicted molar refractivity (Wildman–Crippen MR) is 115 cm³/mol. The van der Waals surface area contributed by atoms with Gasteiger partial charge in [0.1, 0.15) is 0 Å². The Balaban J connectivity index is 1.67. The first kappa shape index (κ1) is 20.1. The summed E-state index contributed by atoms with van der Waals surface area (Å²) in [6.45, 7) is 0. The van der Waals surface area contributed by atoms with Crippen LogP contribution in [0.25, 0.3) is 21.7 Å². The number of halogens is 3. The molecule has 160 valence electrons. The van der Waals surface area contributed by atoms with E-state index in [1.807, 2.05) is 4.68 Å². The Morgan fingerprint density at radius 1 is 0.871 bits per heavy atom. The first-order chi connectivity index (χ1) is 14.9. The monoisotopic (exact) mass is 424 g/mol. The molecule has 0 bridgehead atoms. The van der Waals surface area contributed by atoms with Gasteiger partial charge < -0.3 is 5.11 Å². The lowest BCUT2D eigenvalue weighted by molar-refractivity contribution is -0.247.